The first kappa shape index (κ1) is 10.5. The van der Waals surface area contributed by atoms with Crippen LogP contribution in [0.25, 0.3) is 0 Å². The molecule has 0 N–H and O–H groups in total. The van der Waals surface area contributed by atoms with Crippen LogP contribution >= 0.6 is 0 Å². The van der Waals surface area contributed by atoms with E-state index in [1.165, 1.54) is 0 Å². The number of ether oxygens (including phenoxy) is 3. The molecule has 1 heterocycles. The van der Waals surface area contributed by atoms with Crippen LogP contribution in [0.1, 0.15) is 13.3 Å². The molecule has 1 aliphatic rings. The van der Waals surface area contributed by atoms with Gasteiger partial charge in [0, 0.05) is 20.1 Å². The largest absolute Gasteiger partial charge is 0.378 e. The summed E-state index contributed by atoms with van der Waals surface area (Å²) in [4.78, 5) is 0. The van der Waals surface area contributed by atoms with Crippen LogP contribution in [0.4, 0.5) is 0 Å². The fourth-order valence-corrected chi connectivity index (χ4v) is 1.55. The van der Waals surface area contributed by atoms with E-state index in [1.54, 1.807) is 7.11 Å². The van der Waals surface area contributed by atoms with Gasteiger partial charge in [-0.05, 0) is 6.92 Å². The zero-order valence-corrected chi connectivity index (χ0v) is 8.08. The van der Waals surface area contributed by atoms with Crippen molar-refractivity contribution < 1.29 is 14.2 Å². The van der Waals surface area contributed by atoms with Gasteiger partial charge in [0.1, 0.15) is 12.2 Å². The van der Waals surface area contributed by atoms with Gasteiger partial charge in [0.05, 0.1) is 13.2 Å². The van der Waals surface area contributed by atoms with Gasteiger partial charge in [-0.15, -0.1) is 0 Å². The molecule has 1 fully saturated rings. The van der Waals surface area contributed by atoms with Crippen LogP contribution < -0.4 is 0 Å². The Bertz CT molecular complexity index is 198. The summed E-state index contributed by atoms with van der Waals surface area (Å²) in [5, 5.41) is 9.06. The second kappa shape index (κ2) is 4.56. The van der Waals surface area contributed by atoms with Gasteiger partial charge in [-0.1, -0.05) is 0 Å². The first-order valence-electron chi connectivity index (χ1n) is 4.45. The van der Waals surface area contributed by atoms with Gasteiger partial charge in [0.25, 0.3) is 0 Å². The molecule has 4 heteroatoms. The maximum absolute atomic E-state index is 9.06. The van der Waals surface area contributed by atoms with Crippen molar-refractivity contribution in [2.24, 2.45) is 0 Å². The van der Waals surface area contributed by atoms with Crippen LogP contribution in [-0.4, -0.2) is 38.6 Å². The standard InChI is InChI=1S/C9H15NO3/c1-3-13-9(7-10)4-5-12-6-8(9)11-2/h8H,3-6H2,1-2H3. The van der Waals surface area contributed by atoms with Crippen molar-refractivity contribution in [3.8, 4) is 6.07 Å². The van der Waals surface area contributed by atoms with Gasteiger partial charge < -0.3 is 14.2 Å². The Morgan fingerprint density at radius 3 is 3.00 bits per heavy atom. The minimum atomic E-state index is -0.804. The zero-order chi connectivity index (χ0) is 9.73. The molecule has 0 aromatic heterocycles. The molecule has 0 aromatic rings. The molecule has 0 amide bonds. The molecule has 2 atom stereocenters. The van der Waals surface area contributed by atoms with Crippen LogP contribution in [0.3, 0.4) is 0 Å². The summed E-state index contributed by atoms with van der Waals surface area (Å²) in [6.45, 7) is 3.40. The first-order chi connectivity index (χ1) is 6.29. The molecular weight excluding hydrogens is 170 g/mol. The van der Waals surface area contributed by atoms with E-state index in [4.69, 9.17) is 19.5 Å². The molecule has 0 radical (unpaired) electrons. The summed E-state index contributed by atoms with van der Waals surface area (Å²) < 4.78 is 15.9. The Kier molecular flexibility index (Phi) is 3.67. The highest BCUT2D eigenvalue weighted by atomic mass is 16.6. The van der Waals surface area contributed by atoms with Gasteiger partial charge in [-0.25, -0.2) is 0 Å². The maximum Gasteiger partial charge on any atom is 0.184 e. The highest BCUT2D eigenvalue weighted by Crippen LogP contribution is 2.26. The Morgan fingerprint density at radius 1 is 1.69 bits per heavy atom. The highest BCUT2D eigenvalue weighted by Gasteiger charge is 2.43. The van der Waals surface area contributed by atoms with Crippen molar-refractivity contribution in [2.75, 3.05) is 26.9 Å². The quantitative estimate of drug-likeness (QED) is 0.650. The van der Waals surface area contributed by atoms with Crippen LogP contribution in [0.2, 0.25) is 0 Å². The lowest BCUT2D eigenvalue weighted by molar-refractivity contribution is -0.162. The Labute approximate surface area is 78.4 Å². The topological polar surface area (TPSA) is 51.5 Å². The second-order valence-corrected chi connectivity index (χ2v) is 2.98. The molecule has 1 saturated heterocycles. The van der Waals surface area contributed by atoms with Gasteiger partial charge in [-0.2, -0.15) is 5.26 Å². The van der Waals surface area contributed by atoms with E-state index in [0.717, 1.165) is 0 Å². The monoisotopic (exact) mass is 185 g/mol. The molecular formula is C9H15NO3. The number of hydrogen-bond donors (Lipinski definition) is 0. The summed E-state index contributed by atoms with van der Waals surface area (Å²) in [6, 6.07) is 2.19. The average molecular weight is 185 g/mol. The molecule has 0 bridgehead atoms. The van der Waals surface area contributed by atoms with E-state index in [2.05, 4.69) is 6.07 Å². The molecule has 2 unspecified atom stereocenters. The molecule has 13 heavy (non-hydrogen) atoms. The third kappa shape index (κ3) is 1.99. The lowest BCUT2D eigenvalue weighted by Gasteiger charge is -2.36. The second-order valence-electron chi connectivity index (χ2n) is 2.98. The molecule has 1 rings (SSSR count). The van der Waals surface area contributed by atoms with Crippen molar-refractivity contribution in [2.45, 2.75) is 25.0 Å². The van der Waals surface area contributed by atoms with Crippen molar-refractivity contribution in [1.82, 2.24) is 0 Å². The SMILES string of the molecule is CCOC1(C#N)CCOCC1OC. The highest BCUT2D eigenvalue weighted by molar-refractivity contribution is 5.09. The molecule has 0 aliphatic carbocycles. The number of methoxy groups -OCH3 is 1. The van der Waals surface area contributed by atoms with Gasteiger partial charge in [0.15, 0.2) is 5.60 Å². The molecule has 0 spiro atoms. The van der Waals surface area contributed by atoms with Crippen LogP contribution in [0.15, 0.2) is 0 Å². The summed E-state index contributed by atoms with van der Waals surface area (Å²) >= 11 is 0. The van der Waals surface area contributed by atoms with E-state index in [9.17, 15) is 0 Å². The lowest BCUT2D eigenvalue weighted by Crippen LogP contribution is -2.51. The minimum Gasteiger partial charge on any atom is -0.378 e. The number of nitriles is 1. The zero-order valence-electron chi connectivity index (χ0n) is 8.08. The van der Waals surface area contributed by atoms with Crippen molar-refractivity contribution in [1.29, 1.82) is 5.26 Å². The lowest BCUT2D eigenvalue weighted by atomic mass is 9.93. The van der Waals surface area contributed by atoms with E-state index in [1.807, 2.05) is 6.92 Å². The first-order valence-corrected chi connectivity index (χ1v) is 4.45. The molecule has 1 aliphatic heterocycles. The fourth-order valence-electron chi connectivity index (χ4n) is 1.55. The van der Waals surface area contributed by atoms with Gasteiger partial charge in [-0.3, -0.25) is 0 Å². The normalized spacial score (nSPS) is 34.1. The Hall–Kier alpha value is -0.630. The third-order valence-corrected chi connectivity index (χ3v) is 2.28. The molecule has 4 nitrogen and oxygen atoms in total. The van der Waals surface area contributed by atoms with Gasteiger partial charge in [0.2, 0.25) is 0 Å². The van der Waals surface area contributed by atoms with Crippen LogP contribution in [0, 0.1) is 11.3 Å². The van der Waals surface area contributed by atoms with Crippen molar-refractivity contribution in [3.05, 3.63) is 0 Å². The smallest absolute Gasteiger partial charge is 0.184 e. The Morgan fingerprint density at radius 2 is 2.46 bits per heavy atom. The van der Waals surface area contributed by atoms with E-state index < -0.39 is 5.60 Å². The average Bonchev–Trinajstić information content (AvgIpc) is 2.19. The number of hydrogen-bond acceptors (Lipinski definition) is 4. The summed E-state index contributed by atoms with van der Waals surface area (Å²) in [7, 11) is 1.57. The minimum absolute atomic E-state index is 0.272. The van der Waals surface area contributed by atoms with E-state index in [0.29, 0.717) is 26.2 Å². The number of rotatable bonds is 3. The predicted molar refractivity (Wildman–Crippen MR) is 46.2 cm³/mol. The molecule has 0 aromatic carbocycles. The third-order valence-electron chi connectivity index (χ3n) is 2.28. The van der Waals surface area contributed by atoms with Crippen molar-refractivity contribution >= 4 is 0 Å². The molecule has 0 saturated carbocycles. The Balaban J connectivity index is 2.73. The fraction of sp³-hybridized carbons (Fsp3) is 0.889. The van der Waals surface area contributed by atoms with E-state index in [-0.39, 0.29) is 6.10 Å². The van der Waals surface area contributed by atoms with Crippen molar-refractivity contribution in [3.63, 3.8) is 0 Å². The van der Waals surface area contributed by atoms with Crippen LogP contribution in [0.5, 0.6) is 0 Å². The van der Waals surface area contributed by atoms with Gasteiger partial charge >= 0.3 is 0 Å². The predicted octanol–water partition coefficient (Wildman–Crippen LogP) is 0.721. The summed E-state index contributed by atoms with van der Waals surface area (Å²) in [5.74, 6) is 0. The van der Waals surface area contributed by atoms with E-state index >= 15 is 0 Å². The summed E-state index contributed by atoms with van der Waals surface area (Å²) in [5.41, 5.74) is -0.804. The molecule has 74 valence electrons. The van der Waals surface area contributed by atoms with Crippen LogP contribution in [-0.2, 0) is 14.2 Å². The maximum atomic E-state index is 9.06. The number of nitrogens with zero attached hydrogens (tertiary/aromatic N) is 1. The summed E-state index contributed by atoms with van der Waals surface area (Å²) in [6.07, 6.45) is 0.307.